The molecular weight excluding hydrogens is 460 g/mol. The molecule has 0 spiro atoms. The molecule has 4 nitrogen and oxygen atoms in total. The number of pyridine rings is 1. The number of fused-ring (bicyclic) bond motifs is 1. The van der Waals surface area contributed by atoms with Crippen molar-refractivity contribution < 1.29 is 0 Å². The molecule has 6 heteroatoms. The van der Waals surface area contributed by atoms with Crippen LogP contribution >= 0.6 is 23.8 Å². The molecule has 2 atom stereocenters. The number of aromatic nitrogens is 1. The molecule has 0 unspecified atom stereocenters. The summed E-state index contributed by atoms with van der Waals surface area (Å²) < 4.78 is 0. The average molecular weight is 489 g/mol. The van der Waals surface area contributed by atoms with Gasteiger partial charge in [-0.3, -0.25) is 4.98 Å². The van der Waals surface area contributed by atoms with Crippen LogP contribution < -0.4 is 10.2 Å². The number of allylic oxidation sites excluding steroid dienone is 1. The van der Waals surface area contributed by atoms with Crippen LogP contribution in [0.4, 0.5) is 5.69 Å². The summed E-state index contributed by atoms with van der Waals surface area (Å²) in [5.41, 5.74) is 6.74. The van der Waals surface area contributed by atoms with Gasteiger partial charge in [-0.15, -0.1) is 0 Å². The first-order valence-electron chi connectivity index (χ1n) is 11.6. The number of halogens is 1. The molecule has 3 aromatic rings. The van der Waals surface area contributed by atoms with Crippen LogP contribution in [0, 0.1) is 0 Å². The van der Waals surface area contributed by atoms with Crippen molar-refractivity contribution >= 4 is 40.2 Å². The van der Waals surface area contributed by atoms with E-state index in [1.807, 2.05) is 30.5 Å². The minimum Gasteiger partial charge on any atom is -0.365 e. The van der Waals surface area contributed by atoms with Gasteiger partial charge in [0.2, 0.25) is 0 Å². The second-order valence-electron chi connectivity index (χ2n) is 9.67. The van der Waals surface area contributed by atoms with Crippen LogP contribution in [0.1, 0.15) is 55.2 Å². The Morgan fingerprint density at radius 3 is 2.53 bits per heavy atom. The van der Waals surface area contributed by atoms with Crippen molar-refractivity contribution in [2.24, 2.45) is 0 Å². The average Bonchev–Trinajstić information content (AvgIpc) is 3.14. The van der Waals surface area contributed by atoms with Gasteiger partial charge in [-0.1, -0.05) is 54.1 Å². The maximum Gasteiger partial charge on any atom is 0.170 e. The number of benzene rings is 2. The predicted molar refractivity (Wildman–Crippen MR) is 145 cm³/mol. The number of hydrogen-bond donors (Lipinski definition) is 1. The molecular formula is C28H29ClN4S. The maximum atomic E-state index is 7.05. The van der Waals surface area contributed by atoms with Crippen molar-refractivity contribution in [3.63, 3.8) is 0 Å². The van der Waals surface area contributed by atoms with Crippen molar-refractivity contribution in [3.8, 4) is 0 Å². The lowest BCUT2D eigenvalue weighted by Crippen LogP contribution is -2.42. The molecule has 0 aliphatic carbocycles. The summed E-state index contributed by atoms with van der Waals surface area (Å²) in [4.78, 5) is 9.20. The van der Waals surface area contributed by atoms with E-state index in [-0.39, 0.29) is 17.6 Å². The summed E-state index contributed by atoms with van der Waals surface area (Å²) >= 11 is 12.9. The molecule has 1 fully saturated rings. The highest BCUT2D eigenvalue weighted by Gasteiger charge is 2.41. The normalized spacial score (nSPS) is 21.2. The van der Waals surface area contributed by atoms with E-state index in [4.69, 9.17) is 23.8 Å². The highest BCUT2D eigenvalue weighted by Crippen LogP contribution is 2.47. The van der Waals surface area contributed by atoms with Gasteiger partial charge in [0.15, 0.2) is 5.11 Å². The molecule has 2 aliphatic rings. The molecule has 2 aromatic carbocycles. The van der Waals surface area contributed by atoms with Gasteiger partial charge in [-0.05, 0) is 74.0 Å². The predicted octanol–water partition coefficient (Wildman–Crippen LogP) is 6.54. The van der Waals surface area contributed by atoms with Crippen molar-refractivity contribution in [3.05, 3.63) is 100 Å². The van der Waals surface area contributed by atoms with Crippen LogP contribution in [0.25, 0.3) is 5.57 Å². The van der Waals surface area contributed by atoms with Gasteiger partial charge in [0, 0.05) is 36.1 Å². The number of nitrogens with zero attached hydrogens (tertiary/aromatic N) is 3. The lowest BCUT2D eigenvalue weighted by Gasteiger charge is -2.41. The van der Waals surface area contributed by atoms with E-state index >= 15 is 0 Å². The molecule has 1 aromatic heterocycles. The summed E-state index contributed by atoms with van der Waals surface area (Å²) in [6, 6.07) is 20.6. The lowest BCUT2D eigenvalue weighted by atomic mass is 9.86. The van der Waals surface area contributed by atoms with Crippen molar-refractivity contribution in [2.75, 3.05) is 11.9 Å². The van der Waals surface area contributed by atoms with E-state index < -0.39 is 0 Å². The Bertz CT molecular complexity index is 1260. The Balaban J connectivity index is 1.64. The van der Waals surface area contributed by atoms with Gasteiger partial charge in [-0.25, -0.2) is 0 Å². The van der Waals surface area contributed by atoms with E-state index in [1.54, 1.807) is 0 Å². The first-order valence-corrected chi connectivity index (χ1v) is 12.3. The number of anilines is 1. The summed E-state index contributed by atoms with van der Waals surface area (Å²) in [7, 11) is 2.13. The Kier molecular flexibility index (Phi) is 5.86. The van der Waals surface area contributed by atoms with Gasteiger partial charge in [0.1, 0.15) is 0 Å². The monoisotopic (exact) mass is 488 g/mol. The standard InChI is InChI=1S/C28H29ClN4S/c1-18-16-28(2,3)32(4)24-15-22(29)21(14-20(18)24)26-25(23-12-8-9-13-30-23)31-27(34)33(26)17-19-10-6-5-7-11-19/h5-16,25-26H,17H2,1-4H3,(H,31,34)/t25-,26-/m0/s1. The van der Waals surface area contributed by atoms with Gasteiger partial charge >= 0.3 is 0 Å². The quantitative estimate of drug-likeness (QED) is 0.421. The van der Waals surface area contributed by atoms with E-state index in [9.17, 15) is 0 Å². The van der Waals surface area contributed by atoms with Crippen molar-refractivity contribution in [2.45, 2.75) is 44.9 Å². The van der Waals surface area contributed by atoms with Crippen LogP contribution in [0.5, 0.6) is 0 Å². The second-order valence-corrected chi connectivity index (χ2v) is 10.5. The fraction of sp³-hybridized carbons (Fsp3) is 0.286. The smallest absolute Gasteiger partial charge is 0.170 e. The third-order valence-corrected chi connectivity index (χ3v) is 7.73. The Labute approximate surface area is 212 Å². The third-order valence-electron chi connectivity index (χ3n) is 7.05. The minimum atomic E-state index is -0.102. The van der Waals surface area contributed by atoms with Gasteiger partial charge in [0.25, 0.3) is 0 Å². The van der Waals surface area contributed by atoms with E-state index in [1.165, 1.54) is 16.7 Å². The van der Waals surface area contributed by atoms with Gasteiger partial charge in [-0.2, -0.15) is 0 Å². The number of rotatable bonds is 4. The highest BCUT2D eigenvalue weighted by molar-refractivity contribution is 7.80. The maximum absolute atomic E-state index is 7.05. The fourth-order valence-electron chi connectivity index (χ4n) is 5.11. The fourth-order valence-corrected chi connectivity index (χ4v) is 5.68. The molecule has 0 amide bonds. The molecule has 0 saturated carbocycles. The SMILES string of the molecule is CC1=CC(C)(C)N(C)c2cc(Cl)c([C@H]3[C@H](c4ccccn4)NC(=S)N3Cc3ccccc3)cc21. The Morgan fingerprint density at radius 2 is 1.82 bits per heavy atom. The summed E-state index contributed by atoms with van der Waals surface area (Å²) in [6.07, 6.45) is 4.15. The Morgan fingerprint density at radius 1 is 1.09 bits per heavy atom. The van der Waals surface area contributed by atoms with E-state index in [2.05, 4.69) is 90.4 Å². The first-order chi connectivity index (χ1) is 16.3. The summed E-state index contributed by atoms with van der Waals surface area (Å²) in [5, 5.41) is 4.99. The topological polar surface area (TPSA) is 31.4 Å². The Hall–Kier alpha value is -2.89. The molecule has 0 bridgehead atoms. The van der Waals surface area contributed by atoms with Crippen LogP contribution in [-0.4, -0.2) is 27.6 Å². The molecule has 174 valence electrons. The third kappa shape index (κ3) is 3.97. The molecule has 3 heterocycles. The molecule has 34 heavy (non-hydrogen) atoms. The summed E-state index contributed by atoms with van der Waals surface area (Å²) in [6.45, 7) is 7.31. The van der Waals surface area contributed by atoms with E-state index in [0.29, 0.717) is 11.7 Å². The van der Waals surface area contributed by atoms with Crippen LogP contribution in [0.2, 0.25) is 5.02 Å². The second kappa shape index (κ2) is 8.71. The first kappa shape index (κ1) is 22.9. The molecule has 2 aliphatic heterocycles. The van der Waals surface area contributed by atoms with Crippen LogP contribution in [0.3, 0.4) is 0 Å². The number of hydrogen-bond acceptors (Lipinski definition) is 3. The number of likely N-dealkylation sites (N-methyl/N-ethyl adjacent to an activating group) is 1. The molecule has 1 N–H and O–H groups in total. The largest absolute Gasteiger partial charge is 0.365 e. The minimum absolute atomic E-state index is 0.0752. The lowest BCUT2D eigenvalue weighted by molar-refractivity contribution is 0.311. The van der Waals surface area contributed by atoms with Gasteiger partial charge in [0.05, 0.1) is 23.3 Å². The van der Waals surface area contributed by atoms with Gasteiger partial charge < -0.3 is 15.1 Å². The number of nitrogens with one attached hydrogen (secondary N) is 1. The van der Waals surface area contributed by atoms with Crippen LogP contribution in [0.15, 0.2) is 72.9 Å². The van der Waals surface area contributed by atoms with Crippen molar-refractivity contribution in [1.29, 1.82) is 0 Å². The molecule has 1 saturated heterocycles. The zero-order valence-corrected chi connectivity index (χ0v) is 21.5. The number of thiocarbonyl (C=S) groups is 1. The highest BCUT2D eigenvalue weighted by atomic mass is 35.5. The summed E-state index contributed by atoms with van der Waals surface area (Å²) in [5.74, 6) is 0. The molecule has 5 rings (SSSR count). The van der Waals surface area contributed by atoms with E-state index in [0.717, 1.165) is 22.0 Å². The zero-order valence-electron chi connectivity index (χ0n) is 19.9. The van der Waals surface area contributed by atoms with Crippen molar-refractivity contribution in [1.82, 2.24) is 15.2 Å². The molecule has 0 radical (unpaired) electrons. The zero-order chi connectivity index (χ0) is 24.0. The van der Waals surface area contributed by atoms with Crippen LogP contribution in [-0.2, 0) is 6.54 Å².